The molecule has 0 N–H and O–H groups in total. The summed E-state index contributed by atoms with van der Waals surface area (Å²) < 4.78 is 68.9. The fraction of sp³-hybridized carbons (Fsp3) is 1.00. The van der Waals surface area contributed by atoms with Gasteiger partial charge in [0.05, 0.1) is 48.7 Å². The van der Waals surface area contributed by atoms with Gasteiger partial charge in [0, 0.05) is 0 Å². The normalized spacial score (nSPS) is 14.7. The second kappa shape index (κ2) is 13.9. The molecule has 0 aromatic rings. The van der Waals surface area contributed by atoms with E-state index in [1.165, 1.54) is 30.7 Å². The largest absolute Gasteiger partial charge is 0.748 e. The molecular weight excluding hydrogens is 343 g/mol. The van der Waals surface area contributed by atoms with Gasteiger partial charge in [-0.2, -0.15) is 0 Å². The van der Waals surface area contributed by atoms with Crippen LogP contribution in [0.1, 0.15) is 53.4 Å². The Morgan fingerprint density at radius 3 is 1.62 bits per heavy atom. The average molecular weight is 378 g/mol. The molecule has 0 fully saturated rings. The number of quaternary nitrogens is 1. The smallest absolute Gasteiger partial charge is 0.144 e. The topological polar surface area (TPSA) is 57.2 Å². The van der Waals surface area contributed by atoms with Crippen molar-refractivity contribution in [2.24, 2.45) is 0 Å². The maximum Gasteiger partial charge on any atom is 0.144 e. The zero-order valence-corrected chi connectivity index (χ0v) is 16.3. The lowest BCUT2D eigenvalue weighted by Crippen LogP contribution is -2.47. The van der Waals surface area contributed by atoms with Crippen molar-refractivity contribution in [3.05, 3.63) is 0 Å². The second-order valence-electron chi connectivity index (χ2n) is 5.90. The fourth-order valence-electron chi connectivity index (χ4n) is 2.43. The van der Waals surface area contributed by atoms with Gasteiger partial charge in [-0.15, -0.1) is 0 Å². The van der Waals surface area contributed by atoms with Crippen molar-refractivity contribution in [1.29, 1.82) is 0 Å². The first kappa shape index (κ1) is 25.9. The van der Waals surface area contributed by atoms with Crippen molar-refractivity contribution in [1.82, 2.24) is 0 Å². The summed E-state index contributed by atoms with van der Waals surface area (Å²) in [6.45, 7) is 13.7. The Kier molecular flexibility index (Phi) is 15.0. The molecule has 0 radical (unpaired) electrons. The molecule has 0 bridgehead atoms. The molecule has 24 heavy (non-hydrogen) atoms. The molecule has 0 aliphatic rings. The van der Waals surface area contributed by atoms with Crippen molar-refractivity contribution in [2.45, 2.75) is 65.7 Å². The SMILES string of the molecule is CC[N+](CC)(CC)CC.O=S(=O)([O-])CC(F)C(F)CCCCCF. The Hall–Kier alpha value is -0.340. The number of hydrogen-bond donors (Lipinski definition) is 0. The third-order valence-corrected chi connectivity index (χ3v) is 5.28. The van der Waals surface area contributed by atoms with Gasteiger partial charge in [0.15, 0.2) is 0 Å². The average Bonchev–Trinajstić information content (AvgIpc) is 2.53. The van der Waals surface area contributed by atoms with E-state index in [2.05, 4.69) is 27.7 Å². The molecule has 2 unspecified atom stereocenters. The maximum atomic E-state index is 12.9. The second-order valence-corrected chi connectivity index (χ2v) is 7.35. The monoisotopic (exact) mass is 377 g/mol. The lowest BCUT2D eigenvalue weighted by Gasteiger charge is -2.34. The number of alkyl halides is 3. The minimum Gasteiger partial charge on any atom is -0.748 e. The zero-order chi connectivity index (χ0) is 19.2. The molecule has 0 aliphatic carbocycles. The number of rotatable bonds is 12. The highest BCUT2D eigenvalue weighted by Gasteiger charge is 2.22. The van der Waals surface area contributed by atoms with Crippen LogP contribution in [0.15, 0.2) is 0 Å². The van der Waals surface area contributed by atoms with Crippen molar-refractivity contribution >= 4 is 10.1 Å². The van der Waals surface area contributed by atoms with Crippen LogP contribution in [0.25, 0.3) is 0 Å². The summed E-state index contributed by atoms with van der Waals surface area (Å²) in [6.07, 6.45) is -3.44. The lowest BCUT2D eigenvalue weighted by atomic mass is 10.1. The summed E-state index contributed by atoms with van der Waals surface area (Å²) in [5, 5.41) is 0. The van der Waals surface area contributed by atoms with Crippen LogP contribution in [-0.2, 0) is 10.1 Å². The van der Waals surface area contributed by atoms with E-state index in [9.17, 15) is 26.1 Å². The predicted octanol–water partition coefficient (Wildman–Crippen LogP) is 3.62. The van der Waals surface area contributed by atoms with Crippen LogP contribution in [0.2, 0.25) is 0 Å². The summed E-state index contributed by atoms with van der Waals surface area (Å²) in [6, 6.07) is 0. The van der Waals surface area contributed by atoms with Crippen molar-refractivity contribution in [2.75, 3.05) is 38.6 Å². The molecule has 2 atom stereocenters. The van der Waals surface area contributed by atoms with E-state index in [4.69, 9.17) is 0 Å². The van der Waals surface area contributed by atoms with E-state index in [0.29, 0.717) is 6.42 Å². The van der Waals surface area contributed by atoms with Gasteiger partial charge in [-0.25, -0.2) is 17.2 Å². The molecule has 0 amide bonds. The van der Waals surface area contributed by atoms with Crippen LogP contribution in [-0.4, -0.2) is 68.4 Å². The highest BCUT2D eigenvalue weighted by molar-refractivity contribution is 7.85. The van der Waals surface area contributed by atoms with Crippen LogP contribution in [0, 0.1) is 0 Å². The Morgan fingerprint density at radius 2 is 1.33 bits per heavy atom. The highest BCUT2D eigenvalue weighted by Crippen LogP contribution is 2.14. The van der Waals surface area contributed by atoms with Crippen molar-refractivity contribution in [3.8, 4) is 0 Å². The third-order valence-electron chi connectivity index (χ3n) is 4.55. The highest BCUT2D eigenvalue weighted by atomic mass is 32.2. The summed E-state index contributed by atoms with van der Waals surface area (Å²) in [7, 11) is -4.73. The van der Waals surface area contributed by atoms with E-state index in [-0.39, 0.29) is 19.3 Å². The van der Waals surface area contributed by atoms with Crippen LogP contribution < -0.4 is 0 Å². The molecule has 0 heterocycles. The van der Waals surface area contributed by atoms with E-state index in [0.717, 1.165) is 0 Å². The Balaban J connectivity index is 0. The first-order valence-electron chi connectivity index (χ1n) is 8.74. The van der Waals surface area contributed by atoms with Gasteiger partial charge in [-0.3, -0.25) is 4.39 Å². The molecule has 0 aromatic heterocycles. The lowest BCUT2D eigenvalue weighted by molar-refractivity contribution is -0.921. The molecule has 0 saturated heterocycles. The minimum atomic E-state index is -4.73. The van der Waals surface area contributed by atoms with E-state index in [1.807, 2.05) is 0 Å². The predicted molar refractivity (Wildman–Crippen MR) is 91.2 cm³/mol. The number of nitrogens with zero attached hydrogens (tertiary/aromatic N) is 1. The Bertz CT molecular complexity index is 373. The number of halogens is 3. The zero-order valence-electron chi connectivity index (χ0n) is 15.4. The van der Waals surface area contributed by atoms with Crippen LogP contribution in [0.4, 0.5) is 13.2 Å². The van der Waals surface area contributed by atoms with Gasteiger partial charge in [0.1, 0.15) is 12.3 Å². The molecule has 0 saturated carbocycles. The van der Waals surface area contributed by atoms with Gasteiger partial charge in [0.2, 0.25) is 0 Å². The molecule has 8 heteroatoms. The molecular formula is C16H34F3NO3S. The minimum absolute atomic E-state index is 0.184. The number of hydrogen-bond acceptors (Lipinski definition) is 3. The van der Waals surface area contributed by atoms with Gasteiger partial charge >= 0.3 is 0 Å². The van der Waals surface area contributed by atoms with E-state index in [1.54, 1.807) is 0 Å². The molecule has 148 valence electrons. The van der Waals surface area contributed by atoms with Gasteiger partial charge in [-0.05, 0) is 40.5 Å². The first-order valence-corrected chi connectivity index (χ1v) is 10.3. The van der Waals surface area contributed by atoms with Crippen LogP contribution in [0.5, 0.6) is 0 Å². The standard InChI is InChI=1S/C8H15F3O3S.C8H20N/c9-5-3-1-2-4-7(10)8(11)6-15(12,13)14;1-5-9(6-2,7-3)8-4/h7-8H,1-6H2,(H,12,13,14);5-8H2,1-4H3/q;+1/p-1. The fourth-order valence-corrected chi connectivity index (χ4v) is 3.03. The summed E-state index contributed by atoms with van der Waals surface area (Å²) in [5.41, 5.74) is 0. The van der Waals surface area contributed by atoms with E-state index < -0.39 is 34.9 Å². The molecule has 0 aromatic carbocycles. The molecule has 0 aliphatic heterocycles. The first-order chi connectivity index (χ1) is 11.1. The van der Waals surface area contributed by atoms with E-state index >= 15 is 0 Å². The van der Waals surface area contributed by atoms with Crippen LogP contribution >= 0.6 is 0 Å². The summed E-state index contributed by atoms with van der Waals surface area (Å²) in [4.78, 5) is 0. The summed E-state index contributed by atoms with van der Waals surface area (Å²) >= 11 is 0. The summed E-state index contributed by atoms with van der Waals surface area (Å²) in [5.74, 6) is -1.34. The third kappa shape index (κ3) is 13.0. The molecule has 0 spiro atoms. The van der Waals surface area contributed by atoms with Gasteiger partial charge in [0.25, 0.3) is 0 Å². The number of unbranched alkanes of at least 4 members (excludes halogenated alkanes) is 2. The van der Waals surface area contributed by atoms with Crippen molar-refractivity contribution < 1.29 is 30.6 Å². The van der Waals surface area contributed by atoms with Crippen LogP contribution in [0.3, 0.4) is 0 Å². The Labute approximate surface area is 145 Å². The molecule has 0 rings (SSSR count). The quantitative estimate of drug-likeness (QED) is 0.296. The maximum absolute atomic E-state index is 12.9. The van der Waals surface area contributed by atoms with Gasteiger partial charge in [-0.1, -0.05) is 12.8 Å². The van der Waals surface area contributed by atoms with Crippen molar-refractivity contribution in [3.63, 3.8) is 0 Å². The Morgan fingerprint density at radius 1 is 0.875 bits per heavy atom. The molecule has 4 nitrogen and oxygen atoms in total. The van der Waals surface area contributed by atoms with Gasteiger partial charge < -0.3 is 9.04 Å².